The Balaban J connectivity index is 0.957. The number of hydrogen-bond donors (Lipinski definition) is 2. The van der Waals surface area contributed by atoms with Gasteiger partial charge >= 0.3 is 6.18 Å². The van der Waals surface area contributed by atoms with Gasteiger partial charge in [-0.2, -0.15) is 13.2 Å². The normalized spacial score (nSPS) is 38.7. The fourth-order valence-electron chi connectivity index (χ4n) is 8.56. The van der Waals surface area contributed by atoms with Crippen LogP contribution in [0.2, 0.25) is 0 Å². The average molecular weight is 468 g/mol. The number of carbonyl (C=O) groups is 2. The van der Waals surface area contributed by atoms with Gasteiger partial charge in [-0.3, -0.25) is 14.5 Å². The van der Waals surface area contributed by atoms with Crippen molar-refractivity contribution in [2.24, 2.45) is 29.1 Å². The van der Waals surface area contributed by atoms with Crippen molar-refractivity contribution in [3.63, 3.8) is 0 Å². The van der Waals surface area contributed by atoms with Crippen LogP contribution in [0.5, 0.6) is 0 Å². The van der Waals surface area contributed by atoms with Gasteiger partial charge in [0.25, 0.3) is 0 Å². The predicted octanol–water partition coefficient (Wildman–Crippen LogP) is 3.77. The molecule has 184 valence electrons. The minimum Gasteiger partial charge on any atom is -0.350 e. The van der Waals surface area contributed by atoms with Gasteiger partial charge in [0, 0.05) is 24.5 Å². The Bertz CT molecular complexity index is 786. The number of rotatable bonds is 5. The Labute approximate surface area is 193 Å². The lowest BCUT2D eigenvalue weighted by molar-refractivity contribution is -0.171. The van der Waals surface area contributed by atoms with E-state index in [0.29, 0.717) is 0 Å². The summed E-state index contributed by atoms with van der Waals surface area (Å²) >= 11 is 0. The standard InChI is InChI=1S/C25H36F3N3O2/c26-25(27,28)24(5-6-24)29-20(32)13-31-14-22(15-31)3-1-19(2-4-22)21(33)30-23-10-16-7-17(11-23)9-18(8-16)12-23/h16-19H,1-15H2,(H,29,32)(H,30,33). The second-order valence-corrected chi connectivity index (χ2v) is 12.7. The first-order chi connectivity index (χ1) is 15.6. The van der Waals surface area contributed by atoms with Crippen molar-refractivity contribution in [2.75, 3.05) is 19.6 Å². The zero-order valence-electron chi connectivity index (χ0n) is 19.3. The number of amides is 2. The zero-order valence-corrected chi connectivity index (χ0v) is 19.3. The molecule has 6 aliphatic carbocycles. The highest BCUT2D eigenvalue weighted by Crippen LogP contribution is 2.56. The van der Waals surface area contributed by atoms with E-state index in [1.807, 2.05) is 4.90 Å². The van der Waals surface area contributed by atoms with Gasteiger partial charge in [-0.25, -0.2) is 0 Å². The average Bonchev–Trinajstić information content (AvgIpc) is 3.46. The molecule has 7 rings (SSSR count). The summed E-state index contributed by atoms with van der Waals surface area (Å²) in [6.07, 6.45) is 6.94. The Kier molecular flexibility index (Phi) is 4.94. The van der Waals surface area contributed by atoms with Crippen LogP contribution in [0, 0.1) is 29.1 Å². The molecule has 0 radical (unpaired) electrons. The van der Waals surface area contributed by atoms with Crippen LogP contribution in [0.1, 0.15) is 77.0 Å². The summed E-state index contributed by atoms with van der Waals surface area (Å²) in [4.78, 5) is 27.3. The van der Waals surface area contributed by atoms with Gasteiger partial charge in [0.05, 0.1) is 6.54 Å². The van der Waals surface area contributed by atoms with Crippen LogP contribution in [-0.4, -0.2) is 53.6 Å². The lowest BCUT2D eigenvalue weighted by Gasteiger charge is -2.57. The first kappa shape index (κ1) is 22.2. The maximum Gasteiger partial charge on any atom is 0.411 e. The topological polar surface area (TPSA) is 61.4 Å². The third-order valence-electron chi connectivity index (χ3n) is 10.0. The molecule has 4 bridgehead atoms. The summed E-state index contributed by atoms with van der Waals surface area (Å²) in [5.41, 5.74) is -1.77. The molecule has 7 fully saturated rings. The van der Waals surface area contributed by atoms with Gasteiger partial charge in [0.1, 0.15) is 5.54 Å². The number of carbonyl (C=O) groups excluding carboxylic acids is 2. The number of likely N-dealkylation sites (tertiary alicyclic amines) is 1. The summed E-state index contributed by atoms with van der Waals surface area (Å²) < 4.78 is 39.2. The number of nitrogens with zero attached hydrogens (tertiary/aromatic N) is 1. The molecule has 7 aliphatic rings. The smallest absolute Gasteiger partial charge is 0.350 e. The van der Waals surface area contributed by atoms with Gasteiger partial charge in [0.15, 0.2) is 0 Å². The van der Waals surface area contributed by atoms with E-state index < -0.39 is 17.6 Å². The highest BCUT2D eigenvalue weighted by molar-refractivity contribution is 5.80. The molecule has 1 heterocycles. The molecule has 2 amide bonds. The third-order valence-corrected chi connectivity index (χ3v) is 10.0. The largest absolute Gasteiger partial charge is 0.411 e. The molecule has 0 aromatic rings. The van der Waals surface area contributed by atoms with Crippen molar-refractivity contribution in [1.29, 1.82) is 0 Å². The Hall–Kier alpha value is -1.31. The molecule has 6 saturated carbocycles. The van der Waals surface area contributed by atoms with E-state index in [0.717, 1.165) is 56.5 Å². The van der Waals surface area contributed by atoms with Crippen molar-refractivity contribution in [3.05, 3.63) is 0 Å². The quantitative estimate of drug-likeness (QED) is 0.647. The molecule has 0 unspecified atom stereocenters. The highest BCUT2D eigenvalue weighted by Gasteiger charge is 2.64. The Morgan fingerprint density at radius 1 is 0.848 bits per heavy atom. The predicted molar refractivity (Wildman–Crippen MR) is 116 cm³/mol. The van der Waals surface area contributed by atoms with Crippen molar-refractivity contribution in [2.45, 2.75) is 94.3 Å². The first-order valence-corrected chi connectivity index (χ1v) is 13.0. The van der Waals surface area contributed by atoms with Crippen molar-refractivity contribution in [1.82, 2.24) is 15.5 Å². The lowest BCUT2D eigenvalue weighted by Crippen LogP contribution is -2.62. The van der Waals surface area contributed by atoms with E-state index in [4.69, 9.17) is 0 Å². The van der Waals surface area contributed by atoms with E-state index in [1.165, 1.54) is 38.5 Å². The molecule has 1 saturated heterocycles. The Morgan fingerprint density at radius 3 is 1.88 bits per heavy atom. The summed E-state index contributed by atoms with van der Waals surface area (Å²) in [6, 6.07) is 0. The fourth-order valence-corrected chi connectivity index (χ4v) is 8.56. The van der Waals surface area contributed by atoms with Crippen LogP contribution in [0.25, 0.3) is 0 Å². The van der Waals surface area contributed by atoms with Crippen LogP contribution in [0.4, 0.5) is 13.2 Å². The molecule has 1 spiro atoms. The SMILES string of the molecule is O=C(CN1CC2(CCC(C(=O)NC34CC5CC(CC(C5)C3)C4)CC2)C1)NC1(C(F)(F)F)CC1. The molecule has 1 aliphatic heterocycles. The van der Waals surface area contributed by atoms with Crippen molar-refractivity contribution in [3.8, 4) is 0 Å². The van der Waals surface area contributed by atoms with Crippen molar-refractivity contribution >= 4 is 11.8 Å². The fraction of sp³-hybridized carbons (Fsp3) is 0.920. The molecular formula is C25H36F3N3O2. The summed E-state index contributed by atoms with van der Waals surface area (Å²) in [7, 11) is 0. The molecule has 5 nitrogen and oxygen atoms in total. The Morgan fingerprint density at radius 2 is 1.39 bits per heavy atom. The van der Waals surface area contributed by atoms with E-state index in [-0.39, 0.29) is 42.2 Å². The lowest BCUT2D eigenvalue weighted by atomic mass is 9.53. The van der Waals surface area contributed by atoms with Crippen LogP contribution < -0.4 is 10.6 Å². The van der Waals surface area contributed by atoms with E-state index in [9.17, 15) is 22.8 Å². The van der Waals surface area contributed by atoms with Gasteiger partial charge in [-0.15, -0.1) is 0 Å². The first-order valence-electron chi connectivity index (χ1n) is 13.0. The van der Waals surface area contributed by atoms with Crippen LogP contribution in [0.3, 0.4) is 0 Å². The highest BCUT2D eigenvalue weighted by atomic mass is 19.4. The van der Waals surface area contributed by atoms with Crippen molar-refractivity contribution < 1.29 is 22.8 Å². The van der Waals surface area contributed by atoms with E-state index >= 15 is 0 Å². The van der Waals surface area contributed by atoms with Gasteiger partial charge in [0.2, 0.25) is 11.8 Å². The summed E-state index contributed by atoms with van der Waals surface area (Å²) in [6.45, 7) is 1.54. The molecule has 8 heteroatoms. The summed E-state index contributed by atoms with van der Waals surface area (Å²) in [5, 5.41) is 5.76. The van der Waals surface area contributed by atoms with E-state index in [1.54, 1.807) is 0 Å². The zero-order chi connectivity index (χ0) is 23.1. The molecule has 2 N–H and O–H groups in total. The number of alkyl halides is 3. The molecular weight excluding hydrogens is 431 g/mol. The number of nitrogens with one attached hydrogen (secondary N) is 2. The molecule has 0 aromatic heterocycles. The minimum atomic E-state index is -4.37. The van der Waals surface area contributed by atoms with E-state index in [2.05, 4.69) is 10.6 Å². The van der Waals surface area contributed by atoms with Crippen LogP contribution >= 0.6 is 0 Å². The molecule has 33 heavy (non-hydrogen) atoms. The number of halogens is 3. The van der Waals surface area contributed by atoms with Gasteiger partial charge in [-0.05, 0) is 100 Å². The van der Waals surface area contributed by atoms with Gasteiger partial charge < -0.3 is 10.6 Å². The third kappa shape index (κ3) is 3.98. The maximum atomic E-state index is 13.2. The molecule has 0 atom stereocenters. The molecule has 0 aromatic carbocycles. The number of hydrogen-bond acceptors (Lipinski definition) is 3. The monoisotopic (exact) mass is 467 g/mol. The van der Waals surface area contributed by atoms with Crippen LogP contribution in [0.15, 0.2) is 0 Å². The second kappa shape index (κ2) is 7.34. The van der Waals surface area contributed by atoms with Gasteiger partial charge in [-0.1, -0.05) is 0 Å². The minimum absolute atomic E-state index is 0.0150. The second-order valence-electron chi connectivity index (χ2n) is 12.7. The van der Waals surface area contributed by atoms with Crippen LogP contribution in [-0.2, 0) is 9.59 Å². The summed E-state index contributed by atoms with van der Waals surface area (Å²) in [5.74, 6) is 2.26. The maximum absolute atomic E-state index is 13.2.